The largest absolute Gasteiger partial charge is 0.325 e. The van der Waals surface area contributed by atoms with Crippen LogP contribution in [0.1, 0.15) is 12.5 Å². The monoisotopic (exact) mass is 233 g/mol. The van der Waals surface area contributed by atoms with Gasteiger partial charge in [-0.3, -0.25) is 4.99 Å². The van der Waals surface area contributed by atoms with Gasteiger partial charge < -0.3 is 10.2 Å². The highest BCUT2D eigenvalue weighted by Crippen LogP contribution is 2.34. The standard InChI is InChI=1S/C12H12ClN3/c1-2-11-9-7-8(13)3-4-10(9)15-12-14-5-6-16(11)12/h2-4,7H,5-6H2,1H3,(H,14,15)/b11-2-. The average molecular weight is 234 g/mol. The summed E-state index contributed by atoms with van der Waals surface area (Å²) in [5, 5.41) is 4.09. The zero-order chi connectivity index (χ0) is 11.1. The molecule has 0 unspecified atom stereocenters. The third-order valence-corrected chi connectivity index (χ3v) is 3.14. The molecule has 0 saturated carbocycles. The SMILES string of the molecule is C/C=C1/c2cc(Cl)ccc2NC2=NCCN21. The smallest absolute Gasteiger partial charge is 0.203 e. The molecule has 0 aliphatic carbocycles. The van der Waals surface area contributed by atoms with Gasteiger partial charge in [-0.1, -0.05) is 17.7 Å². The molecule has 0 saturated heterocycles. The molecule has 0 fully saturated rings. The van der Waals surface area contributed by atoms with Gasteiger partial charge in [0.2, 0.25) is 5.96 Å². The van der Waals surface area contributed by atoms with Gasteiger partial charge in [0.1, 0.15) is 0 Å². The average Bonchev–Trinajstić information content (AvgIpc) is 2.73. The second kappa shape index (κ2) is 3.52. The van der Waals surface area contributed by atoms with Crippen molar-refractivity contribution in [3.8, 4) is 0 Å². The van der Waals surface area contributed by atoms with Crippen LogP contribution in [-0.2, 0) is 0 Å². The van der Waals surface area contributed by atoms with Gasteiger partial charge in [0.25, 0.3) is 0 Å². The number of hydrogen-bond donors (Lipinski definition) is 1. The lowest BCUT2D eigenvalue weighted by atomic mass is 10.1. The van der Waals surface area contributed by atoms with Crippen LogP contribution in [0.15, 0.2) is 29.3 Å². The number of allylic oxidation sites excluding steroid dienone is 1. The summed E-state index contributed by atoms with van der Waals surface area (Å²) in [7, 11) is 0. The molecule has 82 valence electrons. The van der Waals surface area contributed by atoms with Crippen molar-refractivity contribution in [2.24, 2.45) is 4.99 Å². The number of nitrogens with one attached hydrogen (secondary N) is 1. The van der Waals surface area contributed by atoms with Gasteiger partial charge in [-0.05, 0) is 25.1 Å². The fourth-order valence-electron chi connectivity index (χ4n) is 2.20. The predicted octanol–water partition coefficient (Wildman–Crippen LogP) is 2.80. The van der Waals surface area contributed by atoms with Crippen molar-refractivity contribution >= 4 is 28.9 Å². The lowest BCUT2D eigenvalue weighted by molar-refractivity contribution is 0.630. The van der Waals surface area contributed by atoms with Crippen molar-refractivity contribution in [3.05, 3.63) is 34.9 Å². The van der Waals surface area contributed by atoms with Crippen LogP contribution in [0.25, 0.3) is 5.70 Å². The quantitative estimate of drug-likeness (QED) is 0.746. The second-order valence-corrected chi connectivity index (χ2v) is 4.28. The number of aliphatic imine (C=N–C) groups is 1. The van der Waals surface area contributed by atoms with Crippen LogP contribution in [0.4, 0.5) is 5.69 Å². The van der Waals surface area contributed by atoms with Gasteiger partial charge in [0, 0.05) is 22.8 Å². The molecule has 1 aromatic carbocycles. The van der Waals surface area contributed by atoms with Crippen LogP contribution < -0.4 is 5.32 Å². The Hall–Kier alpha value is -1.48. The first-order chi connectivity index (χ1) is 7.79. The highest BCUT2D eigenvalue weighted by atomic mass is 35.5. The Balaban J connectivity index is 2.18. The van der Waals surface area contributed by atoms with E-state index in [0.717, 1.165) is 35.3 Å². The maximum Gasteiger partial charge on any atom is 0.203 e. The number of benzene rings is 1. The number of nitrogens with zero attached hydrogens (tertiary/aromatic N) is 2. The molecule has 3 rings (SSSR count). The van der Waals surface area contributed by atoms with Crippen LogP contribution in [0, 0.1) is 0 Å². The molecule has 2 aliphatic heterocycles. The Kier molecular flexibility index (Phi) is 2.14. The van der Waals surface area contributed by atoms with Crippen LogP contribution in [0.2, 0.25) is 5.02 Å². The summed E-state index contributed by atoms with van der Waals surface area (Å²) < 4.78 is 0. The number of anilines is 1. The molecular formula is C12H12ClN3. The first-order valence-corrected chi connectivity index (χ1v) is 5.72. The maximum absolute atomic E-state index is 6.04. The van der Waals surface area contributed by atoms with Crippen molar-refractivity contribution in [2.45, 2.75) is 6.92 Å². The Morgan fingerprint density at radius 3 is 3.19 bits per heavy atom. The molecule has 16 heavy (non-hydrogen) atoms. The summed E-state index contributed by atoms with van der Waals surface area (Å²) in [6, 6.07) is 5.89. The van der Waals surface area contributed by atoms with Crippen molar-refractivity contribution in [3.63, 3.8) is 0 Å². The summed E-state index contributed by atoms with van der Waals surface area (Å²) in [4.78, 5) is 6.63. The van der Waals surface area contributed by atoms with E-state index in [-0.39, 0.29) is 0 Å². The highest BCUT2D eigenvalue weighted by Gasteiger charge is 2.28. The molecule has 1 N–H and O–H groups in total. The van der Waals surface area contributed by atoms with E-state index in [2.05, 4.69) is 21.3 Å². The van der Waals surface area contributed by atoms with Gasteiger partial charge in [-0.15, -0.1) is 0 Å². The first-order valence-electron chi connectivity index (χ1n) is 5.35. The minimum Gasteiger partial charge on any atom is -0.325 e. The van der Waals surface area contributed by atoms with E-state index in [0.29, 0.717) is 0 Å². The van der Waals surface area contributed by atoms with Gasteiger partial charge in [-0.2, -0.15) is 0 Å². The normalized spacial score (nSPS) is 20.2. The molecule has 0 bridgehead atoms. The predicted molar refractivity (Wildman–Crippen MR) is 67.7 cm³/mol. The number of hydrogen-bond acceptors (Lipinski definition) is 3. The van der Waals surface area contributed by atoms with E-state index in [1.54, 1.807) is 0 Å². The molecular weight excluding hydrogens is 222 g/mol. The molecule has 2 aliphatic rings. The second-order valence-electron chi connectivity index (χ2n) is 3.85. The molecule has 0 spiro atoms. The fourth-order valence-corrected chi connectivity index (χ4v) is 2.38. The minimum absolute atomic E-state index is 0.763. The summed E-state index contributed by atoms with van der Waals surface area (Å²) in [6.45, 7) is 3.83. The number of halogens is 1. The van der Waals surface area contributed by atoms with E-state index in [4.69, 9.17) is 11.6 Å². The highest BCUT2D eigenvalue weighted by molar-refractivity contribution is 6.31. The Labute approximate surface area is 99.4 Å². The number of fused-ring (bicyclic) bond motifs is 2. The lowest BCUT2D eigenvalue weighted by Crippen LogP contribution is -2.35. The summed E-state index contributed by atoms with van der Waals surface area (Å²) in [5.41, 5.74) is 3.41. The summed E-state index contributed by atoms with van der Waals surface area (Å²) in [5.74, 6) is 0.947. The van der Waals surface area contributed by atoms with E-state index in [1.807, 2.05) is 25.1 Å². The van der Waals surface area contributed by atoms with Gasteiger partial charge in [0.15, 0.2) is 0 Å². The number of guanidine groups is 1. The molecule has 3 nitrogen and oxygen atoms in total. The minimum atomic E-state index is 0.763. The van der Waals surface area contributed by atoms with E-state index < -0.39 is 0 Å². The zero-order valence-corrected chi connectivity index (χ0v) is 9.75. The third kappa shape index (κ3) is 1.32. The molecule has 1 aromatic rings. The Bertz CT molecular complexity index is 505. The van der Waals surface area contributed by atoms with Crippen molar-refractivity contribution in [2.75, 3.05) is 18.4 Å². The molecule has 0 radical (unpaired) electrons. The Morgan fingerprint density at radius 1 is 1.50 bits per heavy atom. The van der Waals surface area contributed by atoms with E-state index in [9.17, 15) is 0 Å². The van der Waals surface area contributed by atoms with Crippen molar-refractivity contribution in [1.29, 1.82) is 0 Å². The molecule has 0 atom stereocenters. The lowest BCUT2D eigenvalue weighted by Gasteiger charge is -2.31. The van der Waals surface area contributed by atoms with Gasteiger partial charge in [0.05, 0.1) is 12.2 Å². The summed E-state index contributed by atoms with van der Waals surface area (Å²) in [6.07, 6.45) is 2.11. The molecule has 4 heteroatoms. The third-order valence-electron chi connectivity index (χ3n) is 2.91. The van der Waals surface area contributed by atoms with E-state index in [1.165, 1.54) is 5.70 Å². The van der Waals surface area contributed by atoms with Crippen LogP contribution in [-0.4, -0.2) is 23.9 Å². The van der Waals surface area contributed by atoms with Crippen LogP contribution >= 0.6 is 11.6 Å². The van der Waals surface area contributed by atoms with Crippen molar-refractivity contribution < 1.29 is 0 Å². The first kappa shape index (κ1) is 9.73. The number of rotatable bonds is 0. The maximum atomic E-state index is 6.04. The van der Waals surface area contributed by atoms with Crippen LogP contribution in [0.5, 0.6) is 0 Å². The zero-order valence-electron chi connectivity index (χ0n) is 9.00. The van der Waals surface area contributed by atoms with E-state index >= 15 is 0 Å². The molecule has 2 heterocycles. The van der Waals surface area contributed by atoms with Crippen molar-refractivity contribution in [1.82, 2.24) is 4.90 Å². The Morgan fingerprint density at radius 2 is 2.38 bits per heavy atom. The molecule has 0 aromatic heterocycles. The van der Waals surface area contributed by atoms with Gasteiger partial charge >= 0.3 is 0 Å². The fraction of sp³-hybridized carbons (Fsp3) is 0.250. The topological polar surface area (TPSA) is 27.6 Å². The van der Waals surface area contributed by atoms with Crippen LogP contribution in [0.3, 0.4) is 0 Å². The molecule has 0 amide bonds. The van der Waals surface area contributed by atoms with Gasteiger partial charge in [-0.25, -0.2) is 0 Å². The summed E-state index contributed by atoms with van der Waals surface area (Å²) >= 11 is 6.04.